The molecule has 0 bridgehead atoms. The fourth-order valence-electron chi connectivity index (χ4n) is 3.13. The van der Waals surface area contributed by atoms with Crippen molar-refractivity contribution in [1.82, 2.24) is 40.0 Å². The molecule has 4 aromatic heterocycles. The van der Waals surface area contributed by atoms with Crippen LogP contribution >= 0.6 is 27.5 Å². The zero-order chi connectivity index (χ0) is 24.9. The predicted molar refractivity (Wildman–Crippen MR) is 115 cm³/mol. The molecule has 0 atom stereocenters. The van der Waals surface area contributed by atoms with Crippen LogP contribution in [-0.4, -0.2) is 40.0 Å². The molecule has 0 saturated carbocycles. The van der Waals surface area contributed by atoms with Gasteiger partial charge in [-0.15, -0.1) is 10.2 Å². The van der Waals surface area contributed by atoms with Crippen molar-refractivity contribution in [3.05, 3.63) is 73.8 Å². The molecule has 5 rings (SSSR count). The van der Waals surface area contributed by atoms with Gasteiger partial charge < -0.3 is 4.42 Å². The summed E-state index contributed by atoms with van der Waals surface area (Å²) in [5.41, 5.74) is -0.986. The summed E-state index contributed by atoms with van der Waals surface area (Å²) in [7, 11) is 0. The van der Waals surface area contributed by atoms with Gasteiger partial charge in [0.05, 0.1) is 16.1 Å². The average Bonchev–Trinajstić information content (AvgIpc) is 3.42. The molecule has 0 spiro atoms. The van der Waals surface area contributed by atoms with Gasteiger partial charge in [-0.25, -0.2) is 23.8 Å². The van der Waals surface area contributed by atoms with Crippen LogP contribution in [0.2, 0.25) is 5.02 Å². The molecule has 0 aliphatic rings. The fraction of sp³-hybridized carbons (Fsp3) is 0.105. The molecule has 0 N–H and O–H groups in total. The lowest BCUT2D eigenvalue weighted by Crippen LogP contribution is -2.10. The van der Waals surface area contributed by atoms with Gasteiger partial charge in [0, 0.05) is 10.7 Å². The summed E-state index contributed by atoms with van der Waals surface area (Å²) in [6, 6.07) is 6.91. The van der Waals surface area contributed by atoms with Crippen LogP contribution in [0, 0.1) is 5.82 Å². The van der Waals surface area contributed by atoms with E-state index in [1.807, 2.05) is 0 Å². The second kappa shape index (κ2) is 8.49. The molecule has 0 unspecified atom stereocenters. The molecular weight excluding hydrogens is 564 g/mol. The van der Waals surface area contributed by atoms with Crippen molar-refractivity contribution in [3.8, 4) is 17.4 Å². The third kappa shape index (κ3) is 4.39. The van der Waals surface area contributed by atoms with Gasteiger partial charge >= 0.3 is 11.8 Å². The Bertz CT molecular complexity index is 1650. The van der Waals surface area contributed by atoms with Crippen LogP contribution in [0.1, 0.15) is 11.5 Å². The number of tetrazole rings is 1. The minimum Gasteiger partial charge on any atom is -0.401 e. The molecule has 35 heavy (non-hydrogen) atoms. The van der Waals surface area contributed by atoms with E-state index in [9.17, 15) is 22.4 Å². The molecule has 0 fully saturated rings. The average molecular weight is 572 g/mol. The summed E-state index contributed by atoms with van der Waals surface area (Å²) in [5.74, 6) is -2.43. The summed E-state index contributed by atoms with van der Waals surface area (Å²) < 4.78 is 59.8. The van der Waals surface area contributed by atoms with E-state index in [4.69, 9.17) is 16.0 Å². The van der Waals surface area contributed by atoms with Crippen LogP contribution in [0.4, 0.5) is 17.6 Å². The molecule has 16 heteroatoms. The number of benzene rings is 1. The van der Waals surface area contributed by atoms with Gasteiger partial charge in [-0.05, 0) is 35.5 Å². The molecule has 0 radical (unpaired) electrons. The first kappa shape index (κ1) is 23.0. The third-order valence-electron chi connectivity index (χ3n) is 4.58. The highest BCUT2D eigenvalue weighted by molar-refractivity contribution is 9.10. The van der Waals surface area contributed by atoms with Crippen LogP contribution in [0.25, 0.3) is 28.3 Å². The second-order valence-electron chi connectivity index (χ2n) is 6.97. The first-order valence-corrected chi connectivity index (χ1v) is 10.6. The Labute approximate surface area is 204 Å². The van der Waals surface area contributed by atoms with E-state index in [0.717, 1.165) is 10.7 Å². The number of rotatable bonds is 4. The van der Waals surface area contributed by atoms with E-state index in [1.165, 1.54) is 24.4 Å². The summed E-state index contributed by atoms with van der Waals surface area (Å²) in [6.07, 6.45) is -3.36. The van der Waals surface area contributed by atoms with E-state index in [2.05, 4.69) is 46.4 Å². The van der Waals surface area contributed by atoms with E-state index in [0.29, 0.717) is 9.27 Å². The lowest BCUT2D eigenvalue weighted by Gasteiger charge is -2.07. The number of fused-ring (bicyclic) bond motifs is 1. The molecule has 1 aromatic carbocycles. The Kier molecular flexibility index (Phi) is 5.59. The number of halogens is 6. The van der Waals surface area contributed by atoms with Crippen LogP contribution in [0.3, 0.4) is 0 Å². The first-order valence-electron chi connectivity index (χ1n) is 9.45. The number of aromatic nitrogens is 8. The maximum atomic E-state index is 14.6. The standard InChI is InChI=1S/C19H8BrClF4N8O2/c20-8-4-10-14(12(22)5-8)27-16(35-17(10)34)13-6-9(7-32-30-18(28-31-32)19(23,24)25)29-33(13)15-11(21)2-1-3-26-15/h1-6H,7H2. The van der Waals surface area contributed by atoms with Gasteiger partial charge in [-0.1, -0.05) is 27.5 Å². The summed E-state index contributed by atoms with van der Waals surface area (Å²) in [6.45, 7) is -0.341. The minimum atomic E-state index is -4.78. The van der Waals surface area contributed by atoms with Gasteiger partial charge in [0.15, 0.2) is 11.6 Å². The highest BCUT2D eigenvalue weighted by Crippen LogP contribution is 2.28. The molecule has 0 saturated heterocycles. The summed E-state index contributed by atoms with van der Waals surface area (Å²) in [4.78, 5) is 21.5. The smallest absolute Gasteiger partial charge is 0.401 e. The van der Waals surface area contributed by atoms with Crippen molar-refractivity contribution in [2.45, 2.75) is 12.7 Å². The van der Waals surface area contributed by atoms with Gasteiger partial charge in [0.25, 0.3) is 5.82 Å². The van der Waals surface area contributed by atoms with E-state index in [1.54, 1.807) is 6.07 Å². The van der Waals surface area contributed by atoms with Gasteiger partial charge in [-0.3, -0.25) is 0 Å². The number of hydrogen-bond donors (Lipinski definition) is 0. The van der Waals surface area contributed by atoms with Crippen LogP contribution in [-0.2, 0) is 12.7 Å². The SMILES string of the molecule is O=c1oc(-c2cc(Cn3nnc(C(F)(F)F)n3)nn2-c2ncccc2Cl)nc2c(F)cc(Br)cc12. The maximum absolute atomic E-state index is 14.6. The van der Waals surface area contributed by atoms with Crippen molar-refractivity contribution in [2.75, 3.05) is 0 Å². The predicted octanol–water partition coefficient (Wildman–Crippen LogP) is 4.04. The zero-order valence-electron chi connectivity index (χ0n) is 16.8. The number of nitrogens with zero attached hydrogens (tertiary/aromatic N) is 8. The van der Waals surface area contributed by atoms with Crippen molar-refractivity contribution in [2.24, 2.45) is 0 Å². The second-order valence-corrected chi connectivity index (χ2v) is 8.30. The first-order chi connectivity index (χ1) is 16.6. The molecule has 178 valence electrons. The largest absolute Gasteiger partial charge is 0.455 e. The summed E-state index contributed by atoms with van der Waals surface area (Å²) >= 11 is 9.35. The molecule has 5 aromatic rings. The van der Waals surface area contributed by atoms with Crippen molar-refractivity contribution in [1.29, 1.82) is 0 Å². The molecule has 4 heterocycles. The topological polar surface area (TPSA) is 117 Å². The van der Waals surface area contributed by atoms with E-state index >= 15 is 0 Å². The summed E-state index contributed by atoms with van der Waals surface area (Å²) in [5, 5.41) is 14.0. The zero-order valence-corrected chi connectivity index (χ0v) is 19.2. The fourth-order valence-corrected chi connectivity index (χ4v) is 3.77. The lowest BCUT2D eigenvalue weighted by molar-refractivity contribution is -0.145. The molecule has 0 aliphatic carbocycles. The van der Waals surface area contributed by atoms with Crippen LogP contribution in [0.5, 0.6) is 0 Å². The van der Waals surface area contributed by atoms with Gasteiger partial charge in [-0.2, -0.15) is 23.1 Å². The van der Waals surface area contributed by atoms with Crippen molar-refractivity contribution in [3.63, 3.8) is 0 Å². The molecule has 10 nitrogen and oxygen atoms in total. The molecule has 0 amide bonds. The van der Waals surface area contributed by atoms with E-state index < -0.39 is 23.4 Å². The van der Waals surface area contributed by atoms with Crippen molar-refractivity contribution >= 4 is 38.4 Å². The number of hydrogen-bond acceptors (Lipinski definition) is 8. The van der Waals surface area contributed by atoms with Crippen molar-refractivity contribution < 1.29 is 22.0 Å². The molecular formula is C19H8BrClF4N8O2. The quantitative estimate of drug-likeness (QED) is 0.297. The van der Waals surface area contributed by atoms with E-state index in [-0.39, 0.29) is 45.6 Å². The highest BCUT2D eigenvalue weighted by atomic mass is 79.9. The maximum Gasteiger partial charge on any atom is 0.455 e. The number of alkyl halides is 3. The third-order valence-corrected chi connectivity index (χ3v) is 5.33. The minimum absolute atomic E-state index is 0.0260. The van der Waals surface area contributed by atoms with Crippen LogP contribution < -0.4 is 5.63 Å². The Morgan fingerprint density at radius 3 is 2.69 bits per heavy atom. The lowest BCUT2D eigenvalue weighted by atomic mass is 10.2. The number of pyridine rings is 1. The van der Waals surface area contributed by atoms with Gasteiger partial charge in [0.2, 0.25) is 5.89 Å². The Balaban J connectivity index is 1.67. The highest BCUT2D eigenvalue weighted by Gasteiger charge is 2.36. The monoisotopic (exact) mass is 570 g/mol. The Morgan fingerprint density at radius 1 is 1.17 bits per heavy atom. The van der Waals surface area contributed by atoms with Gasteiger partial charge in [0.1, 0.15) is 17.8 Å². The Morgan fingerprint density at radius 2 is 1.97 bits per heavy atom. The van der Waals surface area contributed by atoms with Crippen LogP contribution in [0.15, 0.2) is 50.2 Å². The normalized spacial score (nSPS) is 11.9. The Hall–Kier alpha value is -3.72. The molecule has 0 aliphatic heterocycles.